The lowest BCUT2D eigenvalue weighted by atomic mass is 9.95. The van der Waals surface area contributed by atoms with Crippen LogP contribution in [0.2, 0.25) is 0 Å². The zero-order chi connectivity index (χ0) is 23.4. The Hall–Kier alpha value is -3.03. The van der Waals surface area contributed by atoms with Crippen LogP contribution in [0.1, 0.15) is 18.4 Å². The number of benzene rings is 3. The van der Waals surface area contributed by atoms with E-state index in [0.29, 0.717) is 29.9 Å². The molecule has 1 aliphatic rings. The van der Waals surface area contributed by atoms with Gasteiger partial charge in [0.1, 0.15) is 5.82 Å². The fourth-order valence-electron chi connectivity index (χ4n) is 3.87. The van der Waals surface area contributed by atoms with Gasteiger partial charge in [-0.25, -0.2) is 8.78 Å². The van der Waals surface area contributed by atoms with E-state index in [2.05, 4.69) is 0 Å². The summed E-state index contributed by atoms with van der Waals surface area (Å²) in [6.07, 6.45) is 3.28. The molecule has 4 rings (SSSR count). The summed E-state index contributed by atoms with van der Waals surface area (Å²) in [5, 5.41) is 0. The Morgan fingerprint density at radius 3 is 2.21 bits per heavy atom. The van der Waals surface area contributed by atoms with E-state index in [1.807, 2.05) is 25.1 Å². The van der Waals surface area contributed by atoms with Crippen molar-refractivity contribution in [2.24, 2.45) is 0 Å². The normalized spacial score (nSPS) is 18.5. The van der Waals surface area contributed by atoms with E-state index < -0.39 is 11.6 Å². The maximum Gasteiger partial charge on any atom is 0.201 e. The second-order valence-corrected chi connectivity index (χ2v) is 7.74. The summed E-state index contributed by atoms with van der Waals surface area (Å²) >= 11 is 0. The third-order valence-corrected chi connectivity index (χ3v) is 5.59. The van der Waals surface area contributed by atoms with Gasteiger partial charge in [-0.05, 0) is 53.5 Å². The van der Waals surface area contributed by atoms with Gasteiger partial charge in [0.15, 0.2) is 25.7 Å². The van der Waals surface area contributed by atoms with Gasteiger partial charge in [-0.15, -0.1) is 0 Å². The second kappa shape index (κ2) is 10.3. The topological polar surface area (TPSA) is 27.7 Å². The Balaban J connectivity index is 1.52. The summed E-state index contributed by atoms with van der Waals surface area (Å²) in [5.74, 6) is -2.60. The van der Waals surface area contributed by atoms with Crippen molar-refractivity contribution in [3.05, 3.63) is 89.8 Å². The molecule has 0 amide bonds. The number of rotatable bonds is 6. The molecule has 170 valence electrons. The minimum absolute atomic E-state index is 0.114. The molecule has 1 heterocycles. The largest absolute Gasteiger partial charge is 0.500 e. The summed E-state index contributed by atoms with van der Waals surface area (Å²) in [5.41, 5.74) is 2.65. The van der Waals surface area contributed by atoms with Gasteiger partial charge in [0.25, 0.3) is 0 Å². The molecule has 0 saturated carbocycles. The van der Waals surface area contributed by atoms with Gasteiger partial charge < -0.3 is 14.2 Å². The smallest absolute Gasteiger partial charge is 0.201 e. The van der Waals surface area contributed by atoms with Crippen LogP contribution >= 0.6 is 0 Å². The molecular formula is C26H24BF3O3. The SMILES string of the molecule is BCOc1ccc(-c2ccc(-c3ccc(C4COC(/C=C/C)OC4)c(F)c3)cc2)c(F)c1F. The molecule has 0 spiro atoms. The zero-order valence-corrected chi connectivity index (χ0v) is 18.5. The van der Waals surface area contributed by atoms with E-state index in [1.165, 1.54) is 18.2 Å². The Morgan fingerprint density at radius 1 is 0.909 bits per heavy atom. The summed E-state index contributed by atoms with van der Waals surface area (Å²) < 4.78 is 59.9. The molecule has 0 aliphatic carbocycles. The molecule has 3 nitrogen and oxygen atoms in total. The maximum atomic E-state index is 14.9. The van der Waals surface area contributed by atoms with Gasteiger partial charge in [-0.2, -0.15) is 4.39 Å². The monoisotopic (exact) mass is 452 g/mol. The summed E-state index contributed by atoms with van der Waals surface area (Å²) in [6, 6.07) is 14.8. The van der Waals surface area contributed by atoms with Crippen LogP contribution in [-0.4, -0.2) is 33.9 Å². The number of hydrogen-bond acceptors (Lipinski definition) is 3. The van der Waals surface area contributed by atoms with Crippen molar-refractivity contribution in [2.75, 3.05) is 19.7 Å². The molecule has 7 heteroatoms. The first kappa shape index (κ1) is 23.1. The van der Waals surface area contributed by atoms with Crippen LogP contribution in [0, 0.1) is 17.5 Å². The highest BCUT2D eigenvalue weighted by Gasteiger charge is 2.24. The number of allylic oxidation sites excluding steroid dienone is 1. The first-order chi connectivity index (χ1) is 16.0. The predicted octanol–water partition coefficient (Wildman–Crippen LogP) is 5.44. The third-order valence-electron chi connectivity index (χ3n) is 5.59. The van der Waals surface area contributed by atoms with Crippen LogP contribution in [-0.2, 0) is 9.47 Å². The van der Waals surface area contributed by atoms with E-state index in [4.69, 9.17) is 14.2 Å². The fraction of sp³-hybridized carbons (Fsp3) is 0.231. The van der Waals surface area contributed by atoms with Crippen molar-refractivity contribution >= 4 is 7.85 Å². The van der Waals surface area contributed by atoms with Crippen molar-refractivity contribution in [3.8, 4) is 28.0 Å². The first-order valence-corrected chi connectivity index (χ1v) is 10.9. The molecule has 3 aromatic carbocycles. The number of hydrogen-bond donors (Lipinski definition) is 0. The maximum absolute atomic E-state index is 14.9. The Bertz CT molecular complexity index is 1140. The predicted molar refractivity (Wildman–Crippen MR) is 124 cm³/mol. The fourth-order valence-corrected chi connectivity index (χ4v) is 3.87. The van der Waals surface area contributed by atoms with Gasteiger partial charge in [0, 0.05) is 11.5 Å². The summed E-state index contributed by atoms with van der Waals surface area (Å²) in [6.45, 7) is 2.89. The van der Waals surface area contributed by atoms with E-state index >= 15 is 0 Å². The van der Waals surface area contributed by atoms with Crippen LogP contribution in [0.25, 0.3) is 22.3 Å². The first-order valence-electron chi connectivity index (χ1n) is 10.9. The molecule has 0 bridgehead atoms. The lowest BCUT2D eigenvalue weighted by molar-refractivity contribution is -0.159. The van der Waals surface area contributed by atoms with Crippen molar-refractivity contribution in [3.63, 3.8) is 0 Å². The van der Waals surface area contributed by atoms with Gasteiger partial charge in [-0.1, -0.05) is 42.5 Å². The lowest BCUT2D eigenvalue weighted by Crippen LogP contribution is -2.29. The molecule has 33 heavy (non-hydrogen) atoms. The van der Waals surface area contributed by atoms with E-state index in [1.54, 1.807) is 38.2 Å². The highest BCUT2D eigenvalue weighted by atomic mass is 19.2. The molecule has 3 aromatic rings. The average molecular weight is 452 g/mol. The van der Waals surface area contributed by atoms with E-state index in [0.717, 1.165) is 5.56 Å². The van der Waals surface area contributed by atoms with E-state index in [-0.39, 0.29) is 35.8 Å². The van der Waals surface area contributed by atoms with Crippen LogP contribution < -0.4 is 4.74 Å². The van der Waals surface area contributed by atoms with Crippen LogP contribution in [0.4, 0.5) is 13.2 Å². The van der Waals surface area contributed by atoms with Gasteiger partial charge in [-0.3, -0.25) is 0 Å². The molecule has 1 saturated heterocycles. The van der Waals surface area contributed by atoms with Crippen molar-refractivity contribution < 1.29 is 27.4 Å². The standard InChI is InChI=1S/C26H24BF3O3/c1-2-3-24-31-13-19(14-32-24)20-9-8-18(12-22(20)28)16-4-6-17(7-5-16)21-10-11-23(33-15-27)26(30)25(21)29/h2-12,19,24H,13-15,27H2,1H3/b3-2+. The zero-order valence-electron chi connectivity index (χ0n) is 18.5. The number of halogens is 3. The lowest BCUT2D eigenvalue weighted by Gasteiger charge is -2.28. The minimum Gasteiger partial charge on any atom is -0.500 e. The van der Waals surface area contributed by atoms with Crippen LogP contribution in [0.5, 0.6) is 5.75 Å². The number of ether oxygens (including phenoxy) is 3. The van der Waals surface area contributed by atoms with Gasteiger partial charge in [0.2, 0.25) is 5.82 Å². The molecular weight excluding hydrogens is 428 g/mol. The Labute approximate surface area is 192 Å². The molecule has 0 atom stereocenters. The van der Waals surface area contributed by atoms with Gasteiger partial charge >= 0.3 is 0 Å². The summed E-state index contributed by atoms with van der Waals surface area (Å²) in [4.78, 5) is 0. The van der Waals surface area contributed by atoms with Crippen molar-refractivity contribution in [2.45, 2.75) is 19.1 Å². The van der Waals surface area contributed by atoms with Crippen molar-refractivity contribution in [1.82, 2.24) is 0 Å². The molecule has 0 unspecified atom stereocenters. The van der Waals surface area contributed by atoms with Gasteiger partial charge in [0.05, 0.1) is 19.7 Å². The summed E-state index contributed by atoms with van der Waals surface area (Å²) in [7, 11) is 1.70. The molecule has 1 fully saturated rings. The Morgan fingerprint density at radius 2 is 1.58 bits per heavy atom. The van der Waals surface area contributed by atoms with Crippen molar-refractivity contribution in [1.29, 1.82) is 0 Å². The molecule has 0 radical (unpaired) electrons. The third kappa shape index (κ3) is 4.99. The quantitative estimate of drug-likeness (QED) is 0.368. The average Bonchev–Trinajstić information content (AvgIpc) is 2.83. The highest BCUT2D eigenvalue weighted by molar-refractivity contribution is 6.08. The van der Waals surface area contributed by atoms with Crippen LogP contribution in [0.15, 0.2) is 66.7 Å². The Kier molecular flexibility index (Phi) is 7.21. The minimum atomic E-state index is -1.01. The van der Waals surface area contributed by atoms with Crippen LogP contribution in [0.3, 0.4) is 0 Å². The van der Waals surface area contributed by atoms with E-state index in [9.17, 15) is 13.2 Å². The second-order valence-electron chi connectivity index (χ2n) is 7.74. The highest BCUT2D eigenvalue weighted by Crippen LogP contribution is 2.33. The molecule has 1 aliphatic heterocycles. The molecule has 0 aromatic heterocycles. The molecule has 0 N–H and O–H groups in total.